The average Bonchev–Trinajstić information content (AvgIpc) is 3.23. The summed E-state index contributed by atoms with van der Waals surface area (Å²) >= 11 is 5.70. The molecular weight excluding hydrogens is 471 g/mol. The third-order valence-electron chi connectivity index (χ3n) is 6.05. The molecule has 3 aromatic rings. The lowest BCUT2D eigenvalue weighted by Crippen LogP contribution is -2.52. The second-order valence-electron chi connectivity index (χ2n) is 8.39. The van der Waals surface area contributed by atoms with Crippen LogP contribution < -0.4 is 10.0 Å². The molecular formula is C23H23ClF3N5O2. The Labute approximate surface area is 199 Å². The highest BCUT2D eigenvalue weighted by Gasteiger charge is 2.46. The van der Waals surface area contributed by atoms with Crippen molar-refractivity contribution in [1.29, 1.82) is 0 Å². The average molecular weight is 494 g/mol. The Balaban J connectivity index is 1.39. The van der Waals surface area contributed by atoms with Crippen LogP contribution in [0.5, 0.6) is 0 Å². The van der Waals surface area contributed by atoms with E-state index in [4.69, 9.17) is 11.6 Å². The lowest BCUT2D eigenvalue weighted by atomic mass is 9.87. The molecule has 1 aliphatic heterocycles. The van der Waals surface area contributed by atoms with Gasteiger partial charge in [0.1, 0.15) is 5.82 Å². The number of alkyl halides is 2. The molecule has 1 aromatic carbocycles. The first-order valence-electron chi connectivity index (χ1n) is 10.7. The number of hydrogen-bond donors (Lipinski definition) is 1. The number of hydrogen-bond acceptors (Lipinski definition) is 4. The van der Waals surface area contributed by atoms with E-state index in [1.54, 1.807) is 28.7 Å². The summed E-state index contributed by atoms with van der Waals surface area (Å²) in [6.07, 6.45) is 5.09. The molecule has 11 heteroatoms. The van der Waals surface area contributed by atoms with Gasteiger partial charge in [0, 0.05) is 44.4 Å². The number of halogens is 4. The van der Waals surface area contributed by atoms with Crippen LogP contribution in [0.1, 0.15) is 30.4 Å². The van der Waals surface area contributed by atoms with Gasteiger partial charge in [-0.2, -0.15) is 4.73 Å². The zero-order valence-electron chi connectivity index (χ0n) is 18.3. The SMILES string of the molecule is C[C@@H](C(=O)Nc1cn(Cc2ccc(Cl)c(F)c2)cn1)N1CCC(F)(F)[C@@H](c2cc[n+]([O-])cc2)C1. The van der Waals surface area contributed by atoms with E-state index in [0.717, 1.165) is 0 Å². The summed E-state index contributed by atoms with van der Waals surface area (Å²) in [7, 11) is 0. The second kappa shape index (κ2) is 9.63. The Kier molecular flexibility index (Phi) is 6.81. The van der Waals surface area contributed by atoms with E-state index >= 15 is 0 Å². The predicted molar refractivity (Wildman–Crippen MR) is 120 cm³/mol. The van der Waals surface area contributed by atoms with Crippen molar-refractivity contribution in [3.05, 3.63) is 82.4 Å². The number of benzene rings is 1. The Morgan fingerprint density at radius 3 is 2.79 bits per heavy atom. The van der Waals surface area contributed by atoms with Crippen molar-refractivity contribution in [1.82, 2.24) is 14.5 Å². The van der Waals surface area contributed by atoms with E-state index < -0.39 is 30.1 Å². The van der Waals surface area contributed by atoms with Gasteiger partial charge in [-0.1, -0.05) is 17.7 Å². The van der Waals surface area contributed by atoms with Gasteiger partial charge < -0.3 is 15.1 Å². The molecule has 34 heavy (non-hydrogen) atoms. The molecule has 1 aliphatic rings. The van der Waals surface area contributed by atoms with Crippen LogP contribution in [-0.4, -0.2) is 45.4 Å². The summed E-state index contributed by atoms with van der Waals surface area (Å²) in [5, 5.41) is 14.0. The summed E-state index contributed by atoms with van der Waals surface area (Å²) in [6, 6.07) is 6.59. The zero-order chi connectivity index (χ0) is 24.5. The predicted octanol–water partition coefficient (Wildman–Crippen LogP) is 3.81. The Morgan fingerprint density at radius 2 is 2.09 bits per heavy atom. The van der Waals surface area contributed by atoms with Crippen molar-refractivity contribution < 1.29 is 22.7 Å². The first kappa shape index (κ1) is 24.0. The topological polar surface area (TPSA) is 77.1 Å². The maximum atomic E-state index is 14.6. The zero-order valence-corrected chi connectivity index (χ0v) is 19.1. The van der Waals surface area contributed by atoms with Gasteiger partial charge in [-0.25, -0.2) is 18.2 Å². The maximum absolute atomic E-state index is 14.6. The summed E-state index contributed by atoms with van der Waals surface area (Å²) in [4.78, 5) is 18.7. The lowest BCUT2D eigenvalue weighted by Gasteiger charge is -2.40. The van der Waals surface area contributed by atoms with Gasteiger partial charge in [-0.3, -0.25) is 9.69 Å². The maximum Gasteiger partial charge on any atom is 0.257 e. The van der Waals surface area contributed by atoms with E-state index in [-0.39, 0.29) is 24.0 Å². The number of piperidine rings is 1. The van der Waals surface area contributed by atoms with Crippen molar-refractivity contribution >= 4 is 23.3 Å². The molecule has 1 N–H and O–H groups in total. The van der Waals surface area contributed by atoms with Crippen molar-refractivity contribution in [3.8, 4) is 0 Å². The summed E-state index contributed by atoms with van der Waals surface area (Å²) in [5.41, 5.74) is 1.03. The van der Waals surface area contributed by atoms with Gasteiger partial charge in [0.2, 0.25) is 5.91 Å². The van der Waals surface area contributed by atoms with Gasteiger partial charge in [-0.05, 0) is 30.2 Å². The van der Waals surface area contributed by atoms with E-state index in [1.807, 2.05) is 0 Å². The van der Waals surface area contributed by atoms with Crippen molar-refractivity contribution in [2.75, 3.05) is 18.4 Å². The van der Waals surface area contributed by atoms with Gasteiger partial charge in [-0.15, -0.1) is 0 Å². The van der Waals surface area contributed by atoms with E-state index in [9.17, 15) is 23.2 Å². The van der Waals surface area contributed by atoms with Crippen LogP contribution in [0.15, 0.2) is 55.2 Å². The first-order valence-corrected chi connectivity index (χ1v) is 11.1. The van der Waals surface area contributed by atoms with Crippen molar-refractivity contribution in [2.24, 2.45) is 0 Å². The van der Waals surface area contributed by atoms with Crippen LogP contribution >= 0.6 is 11.6 Å². The van der Waals surface area contributed by atoms with Gasteiger partial charge in [0.05, 0.1) is 23.3 Å². The molecule has 0 spiro atoms. The molecule has 0 saturated carbocycles. The van der Waals surface area contributed by atoms with Crippen LogP contribution in [0.4, 0.5) is 19.0 Å². The minimum Gasteiger partial charge on any atom is -0.619 e. The smallest absolute Gasteiger partial charge is 0.257 e. The fraction of sp³-hybridized carbons (Fsp3) is 0.348. The fourth-order valence-electron chi connectivity index (χ4n) is 4.04. The number of rotatable bonds is 6. The second-order valence-corrected chi connectivity index (χ2v) is 8.80. The third-order valence-corrected chi connectivity index (χ3v) is 6.36. The molecule has 0 bridgehead atoms. The number of amides is 1. The molecule has 7 nitrogen and oxygen atoms in total. The number of aromatic nitrogens is 3. The number of nitrogens with one attached hydrogen (secondary N) is 1. The number of likely N-dealkylation sites (tertiary alicyclic amines) is 1. The van der Waals surface area contributed by atoms with Crippen LogP contribution in [0.2, 0.25) is 5.02 Å². The minimum absolute atomic E-state index is 0.0268. The van der Waals surface area contributed by atoms with Crippen LogP contribution in [0, 0.1) is 11.0 Å². The number of carbonyl (C=O) groups is 1. The first-order chi connectivity index (χ1) is 16.1. The largest absolute Gasteiger partial charge is 0.619 e. The quantitative estimate of drug-likeness (QED) is 0.418. The monoisotopic (exact) mass is 493 g/mol. The van der Waals surface area contributed by atoms with Gasteiger partial charge >= 0.3 is 0 Å². The molecule has 3 heterocycles. The Bertz CT molecular complexity index is 1170. The molecule has 2 atom stereocenters. The van der Waals surface area contributed by atoms with Crippen LogP contribution in [0.3, 0.4) is 0 Å². The Hall–Kier alpha value is -3.11. The Morgan fingerprint density at radius 1 is 1.35 bits per heavy atom. The van der Waals surface area contributed by atoms with Crippen LogP contribution in [0.25, 0.3) is 0 Å². The molecule has 1 saturated heterocycles. The normalized spacial score (nSPS) is 19.0. The lowest BCUT2D eigenvalue weighted by molar-refractivity contribution is -0.605. The molecule has 180 valence electrons. The fourth-order valence-corrected chi connectivity index (χ4v) is 4.16. The summed E-state index contributed by atoms with van der Waals surface area (Å²) in [5.74, 6) is -4.67. The van der Waals surface area contributed by atoms with Crippen molar-refractivity contribution in [2.45, 2.75) is 37.8 Å². The number of nitrogens with zero attached hydrogens (tertiary/aromatic N) is 4. The highest BCUT2D eigenvalue weighted by Crippen LogP contribution is 2.40. The molecule has 0 radical (unpaired) electrons. The number of pyridine rings is 1. The number of imidazole rings is 1. The van der Waals surface area contributed by atoms with E-state index in [1.165, 1.54) is 43.0 Å². The third kappa shape index (κ3) is 5.34. The molecule has 0 unspecified atom stereocenters. The van der Waals surface area contributed by atoms with Gasteiger partial charge in [0.15, 0.2) is 18.2 Å². The molecule has 4 rings (SSSR count). The number of anilines is 1. The highest BCUT2D eigenvalue weighted by atomic mass is 35.5. The van der Waals surface area contributed by atoms with Gasteiger partial charge in [0.25, 0.3) is 5.92 Å². The van der Waals surface area contributed by atoms with E-state index in [0.29, 0.717) is 28.2 Å². The molecule has 0 aliphatic carbocycles. The minimum atomic E-state index is -2.94. The van der Waals surface area contributed by atoms with Crippen molar-refractivity contribution in [3.63, 3.8) is 0 Å². The van der Waals surface area contributed by atoms with Crippen LogP contribution in [-0.2, 0) is 11.3 Å². The summed E-state index contributed by atoms with van der Waals surface area (Å²) < 4.78 is 45.1. The summed E-state index contributed by atoms with van der Waals surface area (Å²) in [6.45, 7) is 2.01. The molecule has 1 fully saturated rings. The van der Waals surface area contributed by atoms with E-state index in [2.05, 4.69) is 10.3 Å². The standard InChI is InChI=1S/C23H23ClF3N5O2/c1-15(31-9-6-23(26,27)18(12-31)17-4-7-32(34)8-5-17)22(33)29-21-13-30(14-28-21)11-16-2-3-19(24)20(25)10-16/h2-5,7-8,10,13-15,18H,6,9,11-12H2,1H3,(H,29,33)/t15-,18+/m0/s1. The number of carbonyl (C=O) groups excluding carboxylic acids is 1. The molecule has 1 amide bonds. The molecule has 2 aromatic heterocycles. The highest BCUT2D eigenvalue weighted by molar-refractivity contribution is 6.30.